The van der Waals surface area contributed by atoms with Crippen molar-refractivity contribution in [2.24, 2.45) is 0 Å². The minimum Gasteiger partial charge on any atom is -0.327 e. The van der Waals surface area contributed by atoms with Crippen molar-refractivity contribution in [3.8, 4) is 0 Å². The van der Waals surface area contributed by atoms with E-state index in [9.17, 15) is 0 Å². The molecule has 3 heteroatoms. The monoisotopic (exact) mass is 264 g/mol. The van der Waals surface area contributed by atoms with E-state index in [1.807, 2.05) is 0 Å². The van der Waals surface area contributed by atoms with Gasteiger partial charge in [0, 0.05) is 6.54 Å². The molecule has 0 unspecified atom stereocenters. The zero-order valence-corrected chi connectivity index (χ0v) is 12.0. The fourth-order valence-electron chi connectivity index (χ4n) is 2.33. The maximum atomic E-state index is 6.00. The molecule has 0 aliphatic heterocycles. The Bertz CT molecular complexity index is 516. The van der Waals surface area contributed by atoms with E-state index in [1.165, 1.54) is 36.8 Å². The van der Waals surface area contributed by atoms with Crippen LogP contribution in [0.15, 0.2) is 18.2 Å². The highest BCUT2D eigenvalue weighted by Crippen LogP contribution is 2.20. The van der Waals surface area contributed by atoms with Gasteiger partial charge in [-0.25, -0.2) is 4.98 Å². The highest BCUT2D eigenvalue weighted by atomic mass is 35.5. The SMILES string of the molecule is CCCCCCn1c(CCl)nc2ccc(C)cc21. The number of fused-ring (bicyclic) bond motifs is 1. The van der Waals surface area contributed by atoms with E-state index in [1.54, 1.807) is 0 Å². The first kappa shape index (κ1) is 13.4. The van der Waals surface area contributed by atoms with Gasteiger partial charge >= 0.3 is 0 Å². The van der Waals surface area contributed by atoms with E-state index in [4.69, 9.17) is 11.6 Å². The van der Waals surface area contributed by atoms with Crippen LogP contribution >= 0.6 is 11.6 Å². The zero-order chi connectivity index (χ0) is 13.0. The van der Waals surface area contributed by atoms with Crippen LogP contribution in [0.3, 0.4) is 0 Å². The molecule has 0 aliphatic carbocycles. The molecule has 0 aliphatic rings. The molecule has 0 spiro atoms. The molecule has 0 saturated heterocycles. The van der Waals surface area contributed by atoms with Gasteiger partial charge in [-0.2, -0.15) is 0 Å². The van der Waals surface area contributed by atoms with Crippen LogP contribution in [0.1, 0.15) is 44.0 Å². The van der Waals surface area contributed by atoms with Crippen molar-refractivity contribution in [1.82, 2.24) is 9.55 Å². The summed E-state index contributed by atoms with van der Waals surface area (Å²) < 4.78 is 2.28. The Balaban J connectivity index is 2.25. The summed E-state index contributed by atoms with van der Waals surface area (Å²) >= 11 is 6.00. The molecule has 2 aromatic rings. The highest BCUT2D eigenvalue weighted by molar-refractivity contribution is 6.16. The summed E-state index contributed by atoms with van der Waals surface area (Å²) in [6.07, 6.45) is 5.06. The summed E-state index contributed by atoms with van der Waals surface area (Å²) in [7, 11) is 0. The van der Waals surface area contributed by atoms with Gasteiger partial charge in [0.2, 0.25) is 0 Å². The van der Waals surface area contributed by atoms with Crippen molar-refractivity contribution in [1.29, 1.82) is 0 Å². The Labute approximate surface area is 114 Å². The average molecular weight is 265 g/mol. The average Bonchev–Trinajstić information content (AvgIpc) is 2.72. The first-order valence-electron chi connectivity index (χ1n) is 6.78. The molecule has 0 fully saturated rings. The third-order valence-electron chi connectivity index (χ3n) is 3.34. The minimum atomic E-state index is 0.488. The highest BCUT2D eigenvalue weighted by Gasteiger charge is 2.09. The number of aromatic nitrogens is 2. The second-order valence-electron chi connectivity index (χ2n) is 4.87. The number of rotatable bonds is 6. The van der Waals surface area contributed by atoms with Gasteiger partial charge in [0.15, 0.2) is 0 Å². The fraction of sp³-hybridized carbons (Fsp3) is 0.533. The van der Waals surface area contributed by atoms with Crippen LogP contribution < -0.4 is 0 Å². The Morgan fingerprint density at radius 1 is 1.22 bits per heavy atom. The van der Waals surface area contributed by atoms with Gasteiger partial charge in [0.25, 0.3) is 0 Å². The zero-order valence-electron chi connectivity index (χ0n) is 11.2. The number of halogens is 1. The summed E-state index contributed by atoms with van der Waals surface area (Å²) in [6, 6.07) is 6.40. The number of hydrogen-bond acceptors (Lipinski definition) is 1. The van der Waals surface area contributed by atoms with Crippen molar-refractivity contribution in [2.45, 2.75) is 52.0 Å². The first-order chi connectivity index (χ1) is 8.76. The van der Waals surface area contributed by atoms with Crippen molar-refractivity contribution in [2.75, 3.05) is 0 Å². The summed E-state index contributed by atoms with van der Waals surface area (Å²) in [5, 5.41) is 0. The van der Waals surface area contributed by atoms with Crippen LogP contribution in [0.5, 0.6) is 0 Å². The van der Waals surface area contributed by atoms with Crippen LogP contribution in [0.4, 0.5) is 0 Å². The van der Waals surface area contributed by atoms with E-state index in [2.05, 4.69) is 41.6 Å². The third kappa shape index (κ3) is 2.86. The van der Waals surface area contributed by atoms with Crippen molar-refractivity contribution < 1.29 is 0 Å². The third-order valence-corrected chi connectivity index (χ3v) is 3.58. The second kappa shape index (κ2) is 6.24. The normalized spacial score (nSPS) is 11.3. The van der Waals surface area contributed by atoms with E-state index < -0.39 is 0 Å². The Morgan fingerprint density at radius 3 is 2.78 bits per heavy atom. The van der Waals surface area contributed by atoms with Crippen molar-refractivity contribution >= 4 is 22.6 Å². The van der Waals surface area contributed by atoms with Gasteiger partial charge < -0.3 is 4.57 Å². The smallest absolute Gasteiger partial charge is 0.124 e. The number of hydrogen-bond donors (Lipinski definition) is 0. The van der Waals surface area contributed by atoms with Crippen LogP contribution in [-0.2, 0) is 12.4 Å². The summed E-state index contributed by atoms with van der Waals surface area (Å²) in [5.74, 6) is 1.48. The van der Waals surface area contributed by atoms with Crippen molar-refractivity contribution in [3.05, 3.63) is 29.6 Å². The van der Waals surface area contributed by atoms with Crippen LogP contribution in [0, 0.1) is 6.92 Å². The lowest BCUT2D eigenvalue weighted by Crippen LogP contribution is -2.02. The molecule has 1 heterocycles. The molecule has 2 nitrogen and oxygen atoms in total. The minimum absolute atomic E-state index is 0.488. The molecule has 1 aromatic heterocycles. The molecule has 2 rings (SSSR count). The van der Waals surface area contributed by atoms with Crippen LogP contribution in [0.25, 0.3) is 11.0 Å². The summed E-state index contributed by atoms with van der Waals surface area (Å²) in [5.41, 5.74) is 3.56. The Hall–Kier alpha value is -1.02. The molecule has 0 bridgehead atoms. The molecule has 0 amide bonds. The predicted octanol–water partition coefficient (Wildman–Crippen LogP) is 4.66. The topological polar surface area (TPSA) is 17.8 Å². The molecule has 0 atom stereocenters. The van der Waals surface area contributed by atoms with Gasteiger partial charge in [-0.1, -0.05) is 32.3 Å². The summed E-state index contributed by atoms with van der Waals surface area (Å²) in [6.45, 7) is 5.39. The standard InChI is InChI=1S/C15H21ClN2/c1-3-4-5-6-9-18-14-10-12(2)7-8-13(14)17-15(18)11-16/h7-8,10H,3-6,9,11H2,1-2H3. The number of alkyl halides is 1. The first-order valence-corrected chi connectivity index (χ1v) is 7.31. The molecule has 0 radical (unpaired) electrons. The van der Waals surface area contributed by atoms with Gasteiger partial charge in [0.1, 0.15) is 5.82 Å². The second-order valence-corrected chi connectivity index (χ2v) is 5.13. The largest absolute Gasteiger partial charge is 0.327 e. The summed E-state index contributed by atoms with van der Waals surface area (Å²) in [4.78, 5) is 4.60. The lowest BCUT2D eigenvalue weighted by atomic mass is 10.2. The van der Waals surface area contributed by atoms with Gasteiger partial charge in [0.05, 0.1) is 16.9 Å². The maximum Gasteiger partial charge on any atom is 0.124 e. The van der Waals surface area contributed by atoms with Crippen molar-refractivity contribution in [3.63, 3.8) is 0 Å². The van der Waals surface area contributed by atoms with E-state index in [0.717, 1.165) is 17.9 Å². The molecule has 98 valence electrons. The Kier molecular flexibility index (Phi) is 4.65. The lowest BCUT2D eigenvalue weighted by Gasteiger charge is -2.07. The maximum absolute atomic E-state index is 6.00. The molecular weight excluding hydrogens is 244 g/mol. The fourth-order valence-corrected chi connectivity index (χ4v) is 2.53. The molecule has 0 saturated carbocycles. The molecule has 18 heavy (non-hydrogen) atoms. The molecule has 1 aromatic carbocycles. The number of aryl methyl sites for hydroxylation is 2. The van der Waals surface area contributed by atoms with Gasteiger partial charge in [-0.3, -0.25) is 0 Å². The van der Waals surface area contributed by atoms with E-state index >= 15 is 0 Å². The van der Waals surface area contributed by atoms with Gasteiger partial charge in [-0.15, -0.1) is 11.6 Å². The van der Waals surface area contributed by atoms with Crippen LogP contribution in [0.2, 0.25) is 0 Å². The quantitative estimate of drug-likeness (QED) is 0.548. The van der Waals surface area contributed by atoms with Crippen LogP contribution in [-0.4, -0.2) is 9.55 Å². The predicted molar refractivity (Wildman–Crippen MR) is 78.2 cm³/mol. The number of nitrogens with zero attached hydrogens (tertiary/aromatic N) is 2. The van der Waals surface area contributed by atoms with Gasteiger partial charge in [-0.05, 0) is 31.0 Å². The Morgan fingerprint density at radius 2 is 2.06 bits per heavy atom. The molecular formula is C15H21ClN2. The molecule has 0 N–H and O–H groups in total. The number of imidazole rings is 1. The number of benzene rings is 1. The van der Waals surface area contributed by atoms with E-state index in [-0.39, 0.29) is 0 Å². The van der Waals surface area contributed by atoms with E-state index in [0.29, 0.717) is 5.88 Å². The number of unbranched alkanes of at least 4 members (excludes halogenated alkanes) is 3. The lowest BCUT2D eigenvalue weighted by molar-refractivity contribution is 0.581.